The van der Waals surface area contributed by atoms with Gasteiger partial charge in [-0.15, -0.1) is 0 Å². The molecule has 0 N–H and O–H groups in total. The zero-order valence-electron chi connectivity index (χ0n) is 28.8. The molecule has 0 heterocycles. The van der Waals surface area contributed by atoms with Crippen molar-refractivity contribution in [3.05, 3.63) is 221 Å². The number of hydrogen-bond acceptors (Lipinski definition) is 1. The van der Waals surface area contributed by atoms with Crippen LogP contribution in [0.2, 0.25) is 0 Å². The van der Waals surface area contributed by atoms with E-state index in [2.05, 4.69) is 193 Å². The standard InChI is InChI=1S/C51H35N/c1-2-14-34(15-3-1)40-18-9-13-25-50(40)52(37-29-28-36-27-26-35-16-4-5-17-39(35)44(36)32-37)38-30-31-49-45(33-38)43-21-8-12-24-48(43)51(49)46-22-10-6-19-41(46)42-20-7-11-23-47(42)51/h1-25,28-33H,26-27H2. The van der Waals surface area contributed by atoms with E-state index in [1.807, 2.05) is 0 Å². The maximum absolute atomic E-state index is 2.49. The van der Waals surface area contributed by atoms with Crippen molar-refractivity contribution in [1.82, 2.24) is 0 Å². The Morgan fingerprint density at radius 1 is 0.327 bits per heavy atom. The predicted octanol–water partition coefficient (Wildman–Crippen LogP) is 12.9. The molecule has 1 spiro atoms. The number of rotatable bonds is 4. The van der Waals surface area contributed by atoms with Gasteiger partial charge >= 0.3 is 0 Å². The van der Waals surface area contributed by atoms with Gasteiger partial charge in [-0.2, -0.15) is 0 Å². The molecule has 0 radical (unpaired) electrons. The van der Waals surface area contributed by atoms with Gasteiger partial charge in [0.05, 0.1) is 11.1 Å². The number of fused-ring (bicyclic) bond motifs is 13. The second-order valence-electron chi connectivity index (χ2n) is 14.3. The molecular formula is C51H35N. The van der Waals surface area contributed by atoms with Gasteiger partial charge in [0, 0.05) is 16.9 Å². The number of benzene rings is 8. The van der Waals surface area contributed by atoms with E-state index >= 15 is 0 Å². The van der Waals surface area contributed by atoms with E-state index in [-0.39, 0.29) is 5.41 Å². The Bertz CT molecular complexity index is 2660. The molecule has 0 amide bonds. The lowest BCUT2D eigenvalue weighted by atomic mass is 9.70. The van der Waals surface area contributed by atoms with E-state index in [0.29, 0.717) is 0 Å². The Kier molecular flexibility index (Phi) is 6.36. The molecule has 11 rings (SSSR count). The fourth-order valence-electron chi connectivity index (χ4n) is 9.63. The van der Waals surface area contributed by atoms with Gasteiger partial charge in [-0.1, -0.05) is 158 Å². The Balaban J connectivity index is 1.17. The van der Waals surface area contributed by atoms with Crippen molar-refractivity contribution in [3.8, 4) is 44.5 Å². The van der Waals surface area contributed by atoms with Gasteiger partial charge in [-0.3, -0.25) is 0 Å². The number of para-hydroxylation sites is 1. The summed E-state index contributed by atoms with van der Waals surface area (Å²) in [5, 5.41) is 0. The van der Waals surface area contributed by atoms with Gasteiger partial charge in [-0.25, -0.2) is 0 Å². The van der Waals surface area contributed by atoms with Gasteiger partial charge in [0.25, 0.3) is 0 Å². The highest BCUT2D eigenvalue weighted by atomic mass is 15.1. The normalized spacial score (nSPS) is 13.8. The monoisotopic (exact) mass is 661 g/mol. The highest BCUT2D eigenvalue weighted by molar-refractivity contribution is 5.97. The molecule has 0 bridgehead atoms. The molecule has 0 saturated carbocycles. The molecule has 3 aliphatic carbocycles. The average molecular weight is 662 g/mol. The molecule has 3 aliphatic rings. The van der Waals surface area contributed by atoms with E-state index in [4.69, 9.17) is 0 Å². The van der Waals surface area contributed by atoms with E-state index in [1.54, 1.807) is 0 Å². The summed E-state index contributed by atoms with van der Waals surface area (Å²) in [5.74, 6) is 0. The quantitative estimate of drug-likeness (QED) is 0.181. The first-order valence-electron chi connectivity index (χ1n) is 18.4. The van der Waals surface area contributed by atoms with Gasteiger partial charge in [-0.05, 0) is 115 Å². The summed E-state index contributed by atoms with van der Waals surface area (Å²) in [6.07, 6.45) is 2.15. The third-order valence-corrected chi connectivity index (χ3v) is 11.8. The van der Waals surface area contributed by atoms with Crippen molar-refractivity contribution in [1.29, 1.82) is 0 Å². The predicted molar refractivity (Wildman–Crippen MR) is 216 cm³/mol. The van der Waals surface area contributed by atoms with Crippen molar-refractivity contribution in [2.45, 2.75) is 18.3 Å². The van der Waals surface area contributed by atoms with Gasteiger partial charge in [0.1, 0.15) is 0 Å². The first-order valence-corrected chi connectivity index (χ1v) is 18.4. The second kappa shape index (κ2) is 11.3. The van der Waals surface area contributed by atoms with Crippen LogP contribution in [-0.4, -0.2) is 0 Å². The summed E-state index contributed by atoms with van der Waals surface area (Å²) in [6.45, 7) is 0. The molecule has 1 heteroatoms. The summed E-state index contributed by atoms with van der Waals surface area (Å²) in [7, 11) is 0. The van der Waals surface area contributed by atoms with Crippen molar-refractivity contribution < 1.29 is 0 Å². The summed E-state index contributed by atoms with van der Waals surface area (Å²) >= 11 is 0. The lowest BCUT2D eigenvalue weighted by Crippen LogP contribution is -2.25. The molecule has 0 aromatic heterocycles. The Hall–Kier alpha value is -6.44. The van der Waals surface area contributed by atoms with Crippen LogP contribution in [0.1, 0.15) is 33.4 Å². The lowest BCUT2D eigenvalue weighted by molar-refractivity contribution is 0.794. The van der Waals surface area contributed by atoms with Gasteiger partial charge in [0.15, 0.2) is 0 Å². The van der Waals surface area contributed by atoms with Crippen molar-refractivity contribution in [3.63, 3.8) is 0 Å². The highest BCUT2D eigenvalue weighted by Gasteiger charge is 2.51. The van der Waals surface area contributed by atoms with Crippen LogP contribution in [-0.2, 0) is 18.3 Å². The first kappa shape index (κ1) is 29.3. The molecule has 52 heavy (non-hydrogen) atoms. The Labute approximate surface area is 305 Å². The number of nitrogens with zero attached hydrogens (tertiary/aromatic N) is 1. The molecule has 8 aromatic rings. The minimum absolute atomic E-state index is 0.361. The van der Waals surface area contributed by atoms with Crippen LogP contribution >= 0.6 is 0 Å². The zero-order chi connectivity index (χ0) is 34.2. The fraction of sp³-hybridized carbons (Fsp3) is 0.0588. The van der Waals surface area contributed by atoms with Crippen LogP contribution in [0.15, 0.2) is 188 Å². The number of aryl methyl sites for hydroxylation is 2. The van der Waals surface area contributed by atoms with E-state index in [0.717, 1.165) is 29.9 Å². The molecule has 244 valence electrons. The molecule has 0 fully saturated rings. The minimum atomic E-state index is -0.361. The van der Waals surface area contributed by atoms with Crippen molar-refractivity contribution in [2.24, 2.45) is 0 Å². The van der Waals surface area contributed by atoms with Gasteiger partial charge in [0.2, 0.25) is 0 Å². The summed E-state index contributed by atoms with van der Waals surface area (Å²) < 4.78 is 0. The zero-order valence-corrected chi connectivity index (χ0v) is 28.8. The smallest absolute Gasteiger partial charge is 0.0725 e. The SMILES string of the molecule is c1ccc(-c2ccccc2N(c2ccc3c(c2)-c2ccccc2CC3)c2ccc3c(c2)-c2ccccc2C32c3ccccc3-c3ccccc32)cc1. The first-order chi connectivity index (χ1) is 25.8. The van der Waals surface area contributed by atoms with Crippen LogP contribution in [0.4, 0.5) is 17.1 Å². The molecule has 0 saturated heterocycles. The van der Waals surface area contributed by atoms with Crippen LogP contribution in [0.5, 0.6) is 0 Å². The molecule has 0 atom stereocenters. The van der Waals surface area contributed by atoms with E-state index < -0.39 is 0 Å². The van der Waals surface area contributed by atoms with Crippen LogP contribution < -0.4 is 4.90 Å². The third-order valence-electron chi connectivity index (χ3n) is 11.8. The maximum Gasteiger partial charge on any atom is 0.0725 e. The van der Waals surface area contributed by atoms with Crippen molar-refractivity contribution in [2.75, 3.05) is 4.90 Å². The molecular weight excluding hydrogens is 627 g/mol. The number of anilines is 3. The Morgan fingerprint density at radius 3 is 1.46 bits per heavy atom. The van der Waals surface area contributed by atoms with E-state index in [9.17, 15) is 0 Å². The van der Waals surface area contributed by atoms with E-state index in [1.165, 1.54) is 77.9 Å². The maximum atomic E-state index is 2.49. The van der Waals surface area contributed by atoms with Crippen molar-refractivity contribution >= 4 is 17.1 Å². The molecule has 8 aromatic carbocycles. The lowest BCUT2D eigenvalue weighted by Gasteiger charge is -2.32. The van der Waals surface area contributed by atoms with Crippen LogP contribution in [0.25, 0.3) is 44.5 Å². The summed E-state index contributed by atoms with van der Waals surface area (Å²) in [6, 6.07) is 70.2. The van der Waals surface area contributed by atoms with Crippen LogP contribution in [0, 0.1) is 0 Å². The second-order valence-corrected chi connectivity index (χ2v) is 14.3. The number of hydrogen-bond donors (Lipinski definition) is 0. The third kappa shape index (κ3) is 4.05. The fourth-order valence-corrected chi connectivity index (χ4v) is 9.63. The Morgan fingerprint density at radius 2 is 0.788 bits per heavy atom. The molecule has 1 nitrogen and oxygen atoms in total. The molecule has 0 unspecified atom stereocenters. The molecule has 0 aliphatic heterocycles. The summed E-state index contributed by atoms with van der Waals surface area (Å²) in [5.41, 5.74) is 21.8. The largest absolute Gasteiger partial charge is 0.310 e. The average Bonchev–Trinajstić information content (AvgIpc) is 3.68. The highest BCUT2D eigenvalue weighted by Crippen LogP contribution is 2.63. The summed E-state index contributed by atoms with van der Waals surface area (Å²) in [4.78, 5) is 2.49. The van der Waals surface area contributed by atoms with Gasteiger partial charge < -0.3 is 4.90 Å². The topological polar surface area (TPSA) is 3.24 Å². The minimum Gasteiger partial charge on any atom is -0.310 e. The van der Waals surface area contributed by atoms with Crippen LogP contribution in [0.3, 0.4) is 0 Å².